The molecule has 2 N–H and O–H groups in total. The van der Waals surface area contributed by atoms with Crippen LogP contribution in [0.1, 0.15) is 22.8 Å². The Morgan fingerprint density at radius 2 is 1.71 bits per heavy atom. The summed E-state index contributed by atoms with van der Waals surface area (Å²) in [6.45, 7) is 3.04. The van der Waals surface area contributed by atoms with Crippen molar-refractivity contribution in [3.8, 4) is 5.75 Å². The smallest absolute Gasteiger partial charge is 0.258 e. The molecule has 0 aromatic heterocycles. The molecule has 0 saturated carbocycles. The Hall–Kier alpha value is -2.33. The standard InChI is InChI=1S/C17H20N2O2/c1-3-21-16-10-6-14(7-11-16)17(20)19(2)15-8-4-13(12-18)5-9-15/h4-11H,3,12,18H2,1-2H3. The summed E-state index contributed by atoms with van der Waals surface area (Å²) in [5, 5.41) is 0. The molecule has 110 valence electrons. The van der Waals surface area contributed by atoms with Gasteiger partial charge in [0.1, 0.15) is 5.75 Å². The van der Waals surface area contributed by atoms with Crippen molar-refractivity contribution >= 4 is 11.6 Å². The van der Waals surface area contributed by atoms with E-state index in [1.807, 2.05) is 43.3 Å². The largest absolute Gasteiger partial charge is 0.494 e. The quantitative estimate of drug-likeness (QED) is 0.918. The lowest BCUT2D eigenvalue weighted by atomic mass is 10.1. The van der Waals surface area contributed by atoms with Crippen molar-refractivity contribution in [3.05, 3.63) is 59.7 Å². The third-order valence-electron chi connectivity index (χ3n) is 3.28. The minimum absolute atomic E-state index is 0.0569. The summed E-state index contributed by atoms with van der Waals surface area (Å²) in [5.41, 5.74) is 8.08. The summed E-state index contributed by atoms with van der Waals surface area (Å²) in [6.07, 6.45) is 0. The van der Waals surface area contributed by atoms with E-state index in [4.69, 9.17) is 10.5 Å². The van der Waals surface area contributed by atoms with Crippen LogP contribution in [0.2, 0.25) is 0 Å². The van der Waals surface area contributed by atoms with E-state index in [9.17, 15) is 4.79 Å². The Balaban J connectivity index is 2.13. The first-order valence-corrected chi connectivity index (χ1v) is 6.95. The van der Waals surface area contributed by atoms with Crippen LogP contribution in [0.4, 0.5) is 5.69 Å². The first kappa shape index (κ1) is 15.1. The van der Waals surface area contributed by atoms with Crippen molar-refractivity contribution in [2.75, 3.05) is 18.6 Å². The van der Waals surface area contributed by atoms with Crippen molar-refractivity contribution < 1.29 is 9.53 Å². The van der Waals surface area contributed by atoms with Gasteiger partial charge in [-0.15, -0.1) is 0 Å². The van der Waals surface area contributed by atoms with Crippen molar-refractivity contribution in [3.63, 3.8) is 0 Å². The molecule has 4 heteroatoms. The van der Waals surface area contributed by atoms with Crippen LogP contribution in [-0.2, 0) is 6.54 Å². The van der Waals surface area contributed by atoms with Crippen LogP contribution in [0, 0.1) is 0 Å². The number of carbonyl (C=O) groups is 1. The van der Waals surface area contributed by atoms with Gasteiger partial charge in [0.25, 0.3) is 5.91 Å². The van der Waals surface area contributed by atoms with Gasteiger partial charge in [-0.25, -0.2) is 0 Å². The molecule has 0 aliphatic rings. The molecule has 0 saturated heterocycles. The SMILES string of the molecule is CCOc1ccc(C(=O)N(C)c2ccc(CN)cc2)cc1. The van der Waals surface area contributed by atoms with Gasteiger partial charge in [-0.3, -0.25) is 4.79 Å². The fourth-order valence-electron chi connectivity index (χ4n) is 2.03. The van der Waals surface area contributed by atoms with Crippen molar-refractivity contribution in [2.24, 2.45) is 5.73 Å². The van der Waals surface area contributed by atoms with Gasteiger partial charge in [-0.05, 0) is 48.9 Å². The summed E-state index contributed by atoms with van der Waals surface area (Å²) in [7, 11) is 1.76. The number of rotatable bonds is 5. The Labute approximate surface area is 125 Å². The third kappa shape index (κ3) is 3.61. The molecule has 0 unspecified atom stereocenters. The van der Waals surface area contributed by atoms with Gasteiger partial charge in [0, 0.05) is 24.8 Å². The molecule has 4 nitrogen and oxygen atoms in total. The topological polar surface area (TPSA) is 55.6 Å². The lowest BCUT2D eigenvalue weighted by Crippen LogP contribution is -2.26. The van der Waals surface area contributed by atoms with Gasteiger partial charge in [-0.2, -0.15) is 0 Å². The second-order valence-corrected chi connectivity index (χ2v) is 4.69. The summed E-state index contributed by atoms with van der Waals surface area (Å²) in [4.78, 5) is 14.1. The molecule has 2 aromatic rings. The number of nitrogens with zero attached hydrogens (tertiary/aromatic N) is 1. The predicted molar refractivity (Wildman–Crippen MR) is 84.7 cm³/mol. The molecule has 2 aromatic carbocycles. The Kier molecular flexibility index (Phi) is 4.95. The lowest BCUT2D eigenvalue weighted by Gasteiger charge is -2.18. The maximum atomic E-state index is 12.4. The third-order valence-corrected chi connectivity index (χ3v) is 3.28. The number of amides is 1. The molecule has 21 heavy (non-hydrogen) atoms. The zero-order valence-corrected chi connectivity index (χ0v) is 12.4. The molecule has 0 spiro atoms. The highest BCUT2D eigenvalue weighted by molar-refractivity contribution is 6.05. The number of hydrogen-bond acceptors (Lipinski definition) is 3. The van der Waals surface area contributed by atoms with Crippen LogP contribution in [-0.4, -0.2) is 19.6 Å². The number of ether oxygens (including phenoxy) is 1. The van der Waals surface area contributed by atoms with Gasteiger partial charge in [0.15, 0.2) is 0 Å². The highest BCUT2D eigenvalue weighted by atomic mass is 16.5. The summed E-state index contributed by atoms with van der Waals surface area (Å²) in [5.74, 6) is 0.711. The average molecular weight is 284 g/mol. The van der Waals surface area contributed by atoms with E-state index in [0.29, 0.717) is 18.7 Å². The van der Waals surface area contributed by atoms with Gasteiger partial charge >= 0.3 is 0 Å². The molecule has 0 aliphatic carbocycles. The normalized spacial score (nSPS) is 10.2. The van der Waals surface area contributed by atoms with Gasteiger partial charge < -0.3 is 15.4 Å². The van der Waals surface area contributed by atoms with Crippen LogP contribution in [0.3, 0.4) is 0 Å². The molecule has 1 amide bonds. The zero-order valence-electron chi connectivity index (χ0n) is 12.4. The molecule has 0 fully saturated rings. The number of carbonyl (C=O) groups excluding carboxylic acids is 1. The van der Waals surface area contributed by atoms with E-state index in [2.05, 4.69) is 0 Å². The molecule has 0 heterocycles. The molecule has 0 atom stereocenters. The molecular formula is C17H20N2O2. The van der Waals surface area contributed by atoms with Crippen LogP contribution >= 0.6 is 0 Å². The Bertz CT molecular complexity index is 591. The minimum Gasteiger partial charge on any atom is -0.494 e. The Morgan fingerprint density at radius 1 is 1.10 bits per heavy atom. The monoisotopic (exact) mass is 284 g/mol. The fourth-order valence-corrected chi connectivity index (χ4v) is 2.03. The molecule has 0 radical (unpaired) electrons. The van der Waals surface area contributed by atoms with Gasteiger partial charge in [-0.1, -0.05) is 12.1 Å². The molecule has 0 bridgehead atoms. The fraction of sp³-hybridized carbons (Fsp3) is 0.235. The molecule has 0 aliphatic heterocycles. The number of nitrogens with two attached hydrogens (primary N) is 1. The van der Waals surface area contributed by atoms with Crippen LogP contribution in [0.5, 0.6) is 5.75 Å². The highest BCUT2D eigenvalue weighted by Crippen LogP contribution is 2.18. The van der Waals surface area contributed by atoms with Crippen molar-refractivity contribution in [1.29, 1.82) is 0 Å². The maximum absolute atomic E-state index is 12.4. The lowest BCUT2D eigenvalue weighted by molar-refractivity contribution is 0.0993. The van der Waals surface area contributed by atoms with E-state index >= 15 is 0 Å². The summed E-state index contributed by atoms with van der Waals surface area (Å²) < 4.78 is 5.37. The zero-order chi connectivity index (χ0) is 15.2. The Morgan fingerprint density at radius 3 is 2.24 bits per heavy atom. The van der Waals surface area contributed by atoms with Crippen LogP contribution in [0.25, 0.3) is 0 Å². The van der Waals surface area contributed by atoms with E-state index in [1.165, 1.54) is 0 Å². The predicted octanol–water partition coefficient (Wildman–Crippen LogP) is 2.82. The van der Waals surface area contributed by atoms with Crippen molar-refractivity contribution in [1.82, 2.24) is 0 Å². The highest BCUT2D eigenvalue weighted by Gasteiger charge is 2.13. The van der Waals surface area contributed by atoms with E-state index in [0.717, 1.165) is 17.0 Å². The van der Waals surface area contributed by atoms with Crippen LogP contribution in [0.15, 0.2) is 48.5 Å². The van der Waals surface area contributed by atoms with Crippen LogP contribution < -0.4 is 15.4 Å². The maximum Gasteiger partial charge on any atom is 0.258 e. The second kappa shape index (κ2) is 6.90. The van der Waals surface area contributed by atoms with E-state index < -0.39 is 0 Å². The molecular weight excluding hydrogens is 264 g/mol. The first-order valence-electron chi connectivity index (χ1n) is 6.95. The summed E-state index contributed by atoms with van der Waals surface area (Å²) in [6, 6.07) is 14.8. The minimum atomic E-state index is -0.0569. The second-order valence-electron chi connectivity index (χ2n) is 4.69. The average Bonchev–Trinajstić information content (AvgIpc) is 2.54. The van der Waals surface area contributed by atoms with Crippen molar-refractivity contribution in [2.45, 2.75) is 13.5 Å². The van der Waals surface area contributed by atoms with E-state index in [-0.39, 0.29) is 5.91 Å². The van der Waals surface area contributed by atoms with E-state index in [1.54, 1.807) is 24.1 Å². The first-order chi connectivity index (χ1) is 10.2. The van der Waals surface area contributed by atoms with Gasteiger partial charge in [0.2, 0.25) is 0 Å². The number of benzene rings is 2. The molecule has 2 rings (SSSR count). The number of anilines is 1. The number of hydrogen-bond donors (Lipinski definition) is 1. The summed E-state index contributed by atoms with van der Waals surface area (Å²) >= 11 is 0. The van der Waals surface area contributed by atoms with Gasteiger partial charge in [0.05, 0.1) is 6.61 Å².